The molecule has 6 rings (SSSR count). The Morgan fingerprint density at radius 3 is 2.38 bits per heavy atom. The average Bonchev–Trinajstić information content (AvgIpc) is 3.53. The van der Waals surface area contributed by atoms with Gasteiger partial charge in [0.1, 0.15) is 17.2 Å². The number of hydrazine groups is 1. The Morgan fingerprint density at radius 2 is 1.69 bits per heavy atom. The third-order valence-corrected chi connectivity index (χ3v) is 9.34. The second-order valence-electron chi connectivity index (χ2n) is 13.0. The smallest absolute Gasteiger partial charge is 0.350 e. The number of aryl methyl sites for hydroxylation is 1. The summed E-state index contributed by atoms with van der Waals surface area (Å²) in [5.41, 5.74) is 1.44. The number of carbonyl (C=O) groups is 3. The van der Waals surface area contributed by atoms with Crippen LogP contribution in [0.15, 0.2) is 97.1 Å². The van der Waals surface area contributed by atoms with Crippen LogP contribution in [-0.4, -0.2) is 66.8 Å². The number of carbonyl (C=O) groups excluding carboxylic acids is 3. The number of urea groups is 1. The van der Waals surface area contributed by atoms with Crippen LogP contribution >= 0.6 is 0 Å². The maximum absolute atomic E-state index is 14.5. The van der Waals surface area contributed by atoms with Crippen molar-refractivity contribution in [2.24, 2.45) is 5.92 Å². The number of aromatic hydroxyl groups is 1. The Morgan fingerprint density at radius 1 is 0.982 bits per heavy atom. The van der Waals surface area contributed by atoms with Gasteiger partial charge in [-0.05, 0) is 61.4 Å². The number of anilines is 3. The van der Waals surface area contributed by atoms with Crippen molar-refractivity contribution in [1.82, 2.24) is 5.01 Å². The van der Waals surface area contributed by atoms with Gasteiger partial charge in [0.05, 0.1) is 48.0 Å². The lowest BCUT2D eigenvalue weighted by molar-refractivity contribution is -0.384. The summed E-state index contributed by atoms with van der Waals surface area (Å²) in [5, 5.41) is 29.4. The predicted molar refractivity (Wildman–Crippen MR) is 208 cm³/mol. The van der Waals surface area contributed by atoms with Crippen LogP contribution in [0.3, 0.4) is 0 Å². The zero-order valence-corrected chi connectivity index (χ0v) is 30.9. The largest absolute Gasteiger partial charge is 0.506 e. The molecule has 1 atom stereocenters. The fraction of sp³-hybridized carbons (Fsp3) is 0.244. The van der Waals surface area contributed by atoms with E-state index in [4.69, 9.17) is 14.2 Å². The Labute approximate surface area is 317 Å². The highest BCUT2D eigenvalue weighted by atomic mass is 16.6. The van der Waals surface area contributed by atoms with Crippen molar-refractivity contribution in [3.63, 3.8) is 0 Å². The summed E-state index contributed by atoms with van der Waals surface area (Å²) in [7, 11) is 2.92. The van der Waals surface area contributed by atoms with Gasteiger partial charge in [0, 0.05) is 42.2 Å². The molecule has 1 unspecified atom stereocenters. The summed E-state index contributed by atoms with van der Waals surface area (Å²) >= 11 is 0. The van der Waals surface area contributed by atoms with Crippen LogP contribution in [-0.2, 0) is 9.53 Å². The van der Waals surface area contributed by atoms with Crippen LogP contribution in [0.4, 0.5) is 27.5 Å². The van der Waals surface area contributed by atoms with E-state index in [2.05, 4.69) is 5.32 Å². The first-order valence-electron chi connectivity index (χ1n) is 17.7. The Hall–Kier alpha value is -6.67. The van der Waals surface area contributed by atoms with Crippen molar-refractivity contribution < 1.29 is 38.6 Å². The first kappa shape index (κ1) is 38.1. The average molecular weight is 748 g/mol. The molecule has 284 valence electrons. The van der Waals surface area contributed by atoms with Crippen molar-refractivity contribution in [2.45, 2.75) is 26.7 Å². The number of rotatable bonds is 13. The number of amides is 4. The van der Waals surface area contributed by atoms with E-state index in [-0.39, 0.29) is 47.3 Å². The standard InChI is InChI=1S/C41H41N5O9/c1-5-6-21-54-25-27-24-44(28-15-18-30(53-4)19-16-28)45(40(27)49)41(50)43(3)35-22-29(46(51)52)17-20-36(35)55-37-23-33(38(47)32-13-9-8-12-31(32)37)39(48)42-34-14-10-7-11-26(34)2/h7-20,22-23,27,47H,5-6,21,24-25H2,1-4H3,(H,42,48). The minimum absolute atomic E-state index is 0.00430. The van der Waals surface area contributed by atoms with E-state index in [1.165, 1.54) is 38.4 Å². The molecule has 5 aromatic carbocycles. The summed E-state index contributed by atoms with van der Waals surface area (Å²) in [6, 6.07) is 25.1. The zero-order valence-electron chi connectivity index (χ0n) is 30.9. The number of fused-ring (bicyclic) bond motifs is 1. The van der Waals surface area contributed by atoms with E-state index in [1.807, 2.05) is 26.0 Å². The molecule has 55 heavy (non-hydrogen) atoms. The number of non-ortho nitro benzene ring substituents is 1. The molecule has 14 heteroatoms. The Kier molecular flexibility index (Phi) is 11.5. The van der Waals surface area contributed by atoms with Crippen LogP contribution in [0.5, 0.6) is 23.0 Å². The molecule has 0 saturated carbocycles. The number of phenolic OH excluding ortho intramolecular Hbond substituents is 1. The maximum Gasteiger partial charge on any atom is 0.350 e. The number of benzene rings is 5. The second kappa shape index (κ2) is 16.6. The van der Waals surface area contributed by atoms with Gasteiger partial charge in [-0.15, -0.1) is 0 Å². The summed E-state index contributed by atoms with van der Waals surface area (Å²) in [6.07, 6.45) is 1.74. The number of unbranched alkanes of at least 4 members (excludes halogenated alkanes) is 1. The van der Waals surface area contributed by atoms with Crippen molar-refractivity contribution in [3.8, 4) is 23.0 Å². The molecule has 0 bridgehead atoms. The topological polar surface area (TPSA) is 164 Å². The van der Waals surface area contributed by atoms with E-state index in [0.29, 0.717) is 34.5 Å². The van der Waals surface area contributed by atoms with Crippen molar-refractivity contribution in [2.75, 3.05) is 49.1 Å². The number of nitrogens with zero attached hydrogens (tertiary/aromatic N) is 4. The molecule has 1 aliphatic heterocycles. The highest BCUT2D eigenvalue weighted by Crippen LogP contribution is 2.42. The van der Waals surface area contributed by atoms with Gasteiger partial charge < -0.3 is 24.6 Å². The summed E-state index contributed by atoms with van der Waals surface area (Å²) in [5.74, 6) is -1.34. The fourth-order valence-corrected chi connectivity index (χ4v) is 6.25. The monoisotopic (exact) mass is 747 g/mol. The van der Waals surface area contributed by atoms with Crippen LogP contribution in [0.1, 0.15) is 35.7 Å². The van der Waals surface area contributed by atoms with Gasteiger partial charge in [-0.2, -0.15) is 5.01 Å². The molecule has 1 saturated heterocycles. The molecule has 0 aliphatic carbocycles. The quantitative estimate of drug-likeness (QED) is 0.0684. The number of nitrogens with one attached hydrogen (secondary N) is 1. The minimum Gasteiger partial charge on any atom is -0.506 e. The van der Waals surface area contributed by atoms with Crippen LogP contribution in [0, 0.1) is 23.0 Å². The van der Waals surface area contributed by atoms with E-state index >= 15 is 0 Å². The molecule has 0 aromatic heterocycles. The van der Waals surface area contributed by atoms with Crippen LogP contribution < -0.4 is 24.7 Å². The molecule has 0 spiro atoms. The molecular weight excluding hydrogens is 706 g/mol. The number of nitro groups is 1. The number of phenols is 1. The van der Waals surface area contributed by atoms with Gasteiger partial charge in [0.25, 0.3) is 17.5 Å². The van der Waals surface area contributed by atoms with Crippen molar-refractivity contribution >= 4 is 51.4 Å². The van der Waals surface area contributed by atoms with E-state index < -0.39 is 28.7 Å². The number of imide groups is 1. The number of para-hydroxylation sites is 1. The van der Waals surface area contributed by atoms with E-state index in [9.17, 15) is 29.6 Å². The lowest BCUT2D eigenvalue weighted by Crippen LogP contribution is -2.50. The maximum atomic E-state index is 14.5. The lowest BCUT2D eigenvalue weighted by atomic mass is 10.0. The zero-order chi connectivity index (χ0) is 39.2. The van der Waals surface area contributed by atoms with Gasteiger partial charge >= 0.3 is 6.03 Å². The molecule has 1 fully saturated rings. The van der Waals surface area contributed by atoms with E-state index in [0.717, 1.165) is 28.3 Å². The summed E-state index contributed by atoms with van der Waals surface area (Å²) in [6.45, 7) is 4.57. The third-order valence-electron chi connectivity index (χ3n) is 9.34. The lowest BCUT2D eigenvalue weighted by Gasteiger charge is -2.31. The molecular formula is C41H41N5O9. The van der Waals surface area contributed by atoms with Gasteiger partial charge in [-0.3, -0.25) is 29.6 Å². The van der Waals surface area contributed by atoms with E-state index in [1.54, 1.807) is 65.7 Å². The Balaban J connectivity index is 1.38. The van der Waals surface area contributed by atoms with Crippen molar-refractivity contribution in [3.05, 3.63) is 118 Å². The summed E-state index contributed by atoms with van der Waals surface area (Å²) in [4.78, 5) is 54.5. The number of hydrogen-bond donors (Lipinski definition) is 2. The minimum atomic E-state index is -0.809. The third kappa shape index (κ3) is 7.99. The number of ether oxygens (including phenoxy) is 3. The molecule has 5 aromatic rings. The molecule has 1 heterocycles. The fourth-order valence-electron chi connectivity index (χ4n) is 6.25. The predicted octanol–water partition coefficient (Wildman–Crippen LogP) is 8.07. The van der Waals surface area contributed by atoms with Gasteiger partial charge in [-0.25, -0.2) is 4.79 Å². The number of methoxy groups -OCH3 is 1. The molecule has 0 radical (unpaired) electrons. The SMILES string of the molecule is CCCCOCC1CN(c2ccc(OC)cc2)N(C(=O)N(C)c2cc([N+](=O)[O-])ccc2Oc2cc(C(=O)Nc3ccccc3C)c(O)c3ccccc23)C1=O. The van der Waals surface area contributed by atoms with Crippen molar-refractivity contribution in [1.29, 1.82) is 0 Å². The van der Waals surface area contributed by atoms with Gasteiger partial charge in [0.2, 0.25) is 0 Å². The number of nitro benzene ring substituents is 1. The highest BCUT2D eigenvalue weighted by molar-refractivity contribution is 6.11. The molecule has 1 aliphatic rings. The Bertz CT molecular complexity index is 2240. The normalized spacial score (nSPS) is 13.9. The van der Waals surface area contributed by atoms with Gasteiger partial charge in [0.15, 0.2) is 5.75 Å². The first-order chi connectivity index (χ1) is 26.5. The first-order valence-corrected chi connectivity index (χ1v) is 17.7. The number of hydrogen-bond acceptors (Lipinski definition) is 10. The molecule has 4 amide bonds. The summed E-state index contributed by atoms with van der Waals surface area (Å²) < 4.78 is 17.5. The van der Waals surface area contributed by atoms with Gasteiger partial charge in [-0.1, -0.05) is 55.8 Å². The molecule has 2 N–H and O–H groups in total. The van der Waals surface area contributed by atoms with Crippen LogP contribution in [0.25, 0.3) is 10.8 Å². The van der Waals surface area contributed by atoms with Crippen LogP contribution in [0.2, 0.25) is 0 Å². The highest BCUT2D eigenvalue weighted by Gasteiger charge is 2.44. The second-order valence-corrected chi connectivity index (χ2v) is 13.0. The molecule has 14 nitrogen and oxygen atoms in total.